The van der Waals surface area contributed by atoms with Crippen molar-refractivity contribution in [1.82, 2.24) is 10.2 Å². The highest BCUT2D eigenvalue weighted by Crippen LogP contribution is 2.36. The van der Waals surface area contributed by atoms with E-state index in [1.54, 1.807) is 7.11 Å². The van der Waals surface area contributed by atoms with Gasteiger partial charge in [0.25, 0.3) is 0 Å². The number of fused-ring (bicyclic) bond motifs is 2. The number of nitrogens with zero attached hydrogens (tertiary/aromatic N) is 1. The molecule has 178 valence electrons. The van der Waals surface area contributed by atoms with Gasteiger partial charge in [-0.3, -0.25) is 9.69 Å². The SMILES string of the molecule is COCCNC(=O)[C@H]1CO[C@@H]2CN(Cc3ccc4c(c3)OCO4)C[C@H]12.O=C(O)C(F)(F)F. The molecule has 0 spiro atoms. The molecule has 2 fully saturated rings. The first kappa shape index (κ1) is 24.1. The summed E-state index contributed by atoms with van der Waals surface area (Å²) < 4.78 is 53.4. The Kier molecular flexibility index (Phi) is 7.80. The number of hydrogen-bond acceptors (Lipinski definition) is 7. The van der Waals surface area contributed by atoms with E-state index < -0.39 is 12.1 Å². The Morgan fingerprint density at radius 1 is 1.25 bits per heavy atom. The molecule has 1 aromatic carbocycles. The molecule has 4 rings (SSSR count). The summed E-state index contributed by atoms with van der Waals surface area (Å²) in [4.78, 5) is 23.6. The summed E-state index contributed by atoms with van der Waals surface area (Å²) in [5.41, 5.74) is 1.19. The first-order valence-corrected chi connectivity index (χ1v) is 9.98. The molecule has 2 N–H and O–H groups in total. The van der Waals surface area contributed by atoms with E-state index in [9.17, 15) is 18.0 Å². The number of hydrogen-bond donors (Lipinski definition) is 2. The lowest BCUT2D eigenvalue weighted by Gasteiger charge is -2.19. The summed E-state index contributed by atoms with van der Waals surface area (Å²) in [6.45, 7) is 4.45. The van der Waals surface area contributed by atoms with Crippen LogP contribution in [-0.4, -0.2) is 80.9 Å². The van der Waals surface area contributed by atoms with Gasteiger partial charge in [0.05, 0.1) is 25.2 Å². The number of nitrogens with one attached hydrogen (secondary N) is 1. The lowest BCUT2D eigenvalue weighted by molar-refractivity contribution is -0.192. The van der Waals surface area contributed by atoms with Crippen LogP contribution in [0.1, 0.15) is 5.56 Å². The zero-order chi connectivity index (χ0) is 23.3. The number of carbonyl (C=O) groups excluding carboxylic acids is 1. The summed E-state index contributed by atoms with van der Waals surface area (Å²) in [5, 5.41) is 10.1. The van der Waals surface area contributed by atoms with Crippen molar-refractivity contribution in [2.24, 2.45) is 11.8 Å². The normalized spacial score (nSPS) is 23.9. The maximum Gasteiger partial charge on any atom is 0.490 e. The highest BCUT2D eigenvalue weighted by molar-refractivity contribution is 5.79. The molecule has 3 atom stereocenters. The molecule has 2 saturated heterocycles. The highest BCUT2D eigenvalue weighted by atomic mass is 19.4. The third-order valence-electron chi connectivity index (χ3n) is 5.42. The predicted octanol–water partition coefficient (Wildman–Crippen LogP) is 1.26. The molecule has 3 heterocycles. The highest BCUT2D eigenvalue weighted by Gasteiger charge is 2.46. The minimum atomic E-state index is -5.08. The minimum Gasteiger partial charge on any atom is -0.475 e. The van der Waals surface area contributed by atoms with Crippen LogP contribution >= 0.6 is 0 Å². The fourth-order valence-electron chi connectivity index (χ4n) is 3.90. The summed E-state index contributed by atoms with van der Waals surface area (Å²) in [6, 6.07) is 6.06. The Morgan fingerprint density at radius 2 is 1.97 bits per heavy atom. The third-order valence-corrected chi connectivity index (χ3v) is 5.42. The Bertz CT molecular complexity index is 821. The Morgan fingerprint density at radius 3 is 2.66 bits per heavy atom. The van der Waals surface area contributed by atoms with Crippen molar-refractivity contribution in [2.45, 2.75) is 18.8 Å². The number of carboxylic acid groups (broad SMARTS) is 1. The van der Waals surface area contributed by atoms with Gasteiger partial charge in [-0.05, 0) is 17.7 Å². The van der Waals surface area contributed by atoms with Gasteiger partial charge in [-0.2, -0.15) is 13.2 Å². The maximum absolute atomic E-state index is 12.4. The average molecular weight is 462 g/mol. The van der Waals surface area contributed by atoms with Gasteiger partial charge in [0, 0.05) is 39.2 Å². The number of aliphatic carboxylic acids is 1. The van der Waals surface area contributed by atoms with Gasteiger partial charge < -0.3 is 29.4 Å². The topological polar surface area (TPSA) is 107 Å². The van der Waals surface area contributed by atoms with Crippen LogP contribution in [0.3, 0.4) is 0 Å². The van der Waals surface area contributed by atoms with Crippen LogP contribution < -0.4 is 14.8 Å². The van der Waals surface area contributed by atoms with Crippen LogP contribution in [0.2, 0.25) is 0 Å². The second-order valence-electron chi connectivity index (χ2n) is 7.61. The van der Waals surface area contributed by atoms with Crippen LogP contribution in [0, 0.1) is 11.8 Å². The quantitative estimate of drug-likeness (QED) is 0.609. The largest absolute Gasteiger partial charge is 0.490 e. The van der Waals surface area contributed by atoms with Crippen LogP contribution in [0.4, 0.5) is 13.2 Å². The molecule has 0 aliphatic carbocycles. The summed E-state index contributed by atoms with van der Waals surface area (Å²) in [5.74, 6) is -0.871. The van der Waals surface area contributed by atoms with E-state index >= 15 is 0 Å². The van der Waals surface area contributed by atoms with Gasteiger partial charge in [0.15, 0.2) is 11.5 Å². The average Bonchev–Trinajstić information content (AvgIpc) is 3.43. The number of rotatable bonds is 6. The number of methoxy groups -OCH3 is 1. The summed E-state index contributed by atoms with van der Waals surface area (Å²) >= 11 is 0. The third kappa shape index (κ3) is 6.02. The van der Waals surface area contributed by atoms with Crippen molar-refractivity contribution in [3.8, 4) is 11.5 Å². The fraction of sp³-hybridized carbons (Fsp3) is 0.600. The molecular weight excluding hydrogens is 437 g/mol. The second-order valence-corrected chi connectivity index (χ2v) is 7.61. The van der Waals surface area contributed by atoms with Crippen molar-refractivity contribution < 1.29 is 46.8 Å². The number of carboxylic acids is 1. The van der Waals surface area contributed by atoms with Crippen LogP contribution in [0.25, 0.3) is 0 Å². The van der Waals surface area contributed by atoms with Gasteiger partial charge in [-0.15, -0.1) is 0 Å². The number of carbonyl (C=O) groups is 2. The molecule has 0 saturated carbocycles. The molecule has 1 aromatic rings. The fourth-order valence-corrected chi connectivity index (χ4v) is 3.90. The first-order valence-electron chi connectivity index (χ1n) is 9.98. The number of ether oxygens (including phenoxy) is 4. The van der Waals surface area contributed by atoms with E-state index in [2.05, 4.69) is 16.3 Å². The Balaban J connectivity index is 0.000000360. The molecule has 0 unspecified atom stereocenters. The van der Waals surface area contributed by atoms with Crippen molar-refractivity contribution in [3.05, 3.63) is 23.8 Å². The zero-order valence-corrected chi connectivity index (χ0v) is 17.4. The molecular formula is C20H25F3N2O7. The van der Waals surface area contributed by atoms with Gasteiger partial charge in [-0.1, -0.05) is 6.07 Å². The summed E-state index contributed by atoms with van der Waals surface area (Å²) in [6.07, 6.45) is -4.94. The lowest BCUT2D eigenvalue weighted by Crippen LogP contribution is -2.38. The van der Waals surface area contributed by atoms with Gasteiger partial charge >= 0.3 is 12.1 Å². The molecule has 12 heteroatoms. The molecule has 1 amide bonds. The first-order chi connectivity index (χ1) is 15.2. The van der Waals surface area contributed by atoms with Crippen LogP contribution in [0.5, 0.6) is 11.5 Å². The number of halogens is 3. The smallest absolute Gasteiger partial charge is 0.475 e. The monoisotopic (exact) mass is 462 g/mol. The number of alkyl halides is 3. The van der Waals surface area contributed by atoms with Crippen LogP contribution in [-0.2, 0) is 25.6 Å². The van der Waals surface area contributed by atoms with Crippen LogP contribution in [0.15, 0.2) is 18.2 Å². The van der Waals surface area contributed by atoms with E-state index in [4.69, 9.17) is 28.8 Å². The minimum absolute atomic E-state index is 0.0661. The van der Waals surface area contributed by atoms with E-state index in [0.717, 1.165) is 31.1 Å². The van der Waals surface area contributed by atoms with Crippen molar-refractivity contribution in [1.29, 1.82) is 0 Å². The van der Waals surface area contributed by atoms with Crippen molar-refractivity contribution in [2.75, 3.05) is 46.8 Å². The molecule has 0 bridgehead atoms. The van der Waals surface area contributed by atoms with Gasteiger partial charge in [0.2, 0.25) is 12.7 Å². The summed E-state index contributed by atoms with van der Waals surface area (Å²) in [7, 11) is 1.63. The Labute approximate surface area is 182 Å². The predicted molar refractivity (Wildman–Crippen MR) is 103 cm³/mol. The molecule has 3 aliphatic rings. The standard InChI is InChI=1S/C18H24N2O5.C2HF3O2/c1-22-5-4-19-18(21)14-10-23-17-9-20(8-13(14)17)7-12-2-3-15-16(6-12)25-11-24-15;3-2(4,5)1(6)7/h2-3,6,13-14,17H,4-5,7-11H2,1H3,(H,19,21);(H,6,7)/t13-,14+,17-;/m1./s1. The molecule has 9 nitrogen and oxygen atoms in total. The van der Waals surface area contributed by atoms with E-state index in [1.165, 1.54) is 5.56 Å². The van der Waals surface area contributed by atoms with E-state index in [-0.39, 0.29) is 23.8 Å². The Hall–Kier alpha value is -2.57. The number of benzene rings is 1. The van der Waals surface area contributed by atoms with E-state index in [0.29, 0.717) is 26.6 Å². The van der Waals surface area contributed by atoms with Gasteiger partial charge in [0.1, 0.15) is 0 Å². The molecule has 0 aromatic heterocycles. The maximum atomic E-state index is 12.4. The van der Waals surface area contributed by atoms with E-state index in [1.807, 2.05) is 12.1 Å². The number of likely N-dealkylation sites (tertiary alicyclic amines) is 1. The lowest BCUT2D eigenvalue weighted by atomic mass is 9.92. The van der Waals surface area contributed by atoms with Crippen molar-refractivity contribution in [3.63, 3.8) is 0 Å². The second kappa shape index (κ2) is 10.4. The number of amides is 1. The zero-order valence-electron chi connectivity index (χ0n) is 17.4. The molecule has 3 aliphatic heterocycles. The molecule has 0 radical (unpaired) electrons. The van der Waals surface area contributed by atoms with Gasteiger partial charge in [-0.25, -0.2) is 4.79 Å². The van der Waals surface area contributed by atoms with Crippen molar-refractivity contribution >= 4 is 11.9 Å². The molecule has 32 heavy (non-hydrogen) atoms.